The van der Waals surface area contributed by atoms with Gasteiger partial charge < -0.3 is 18.8 Å². The molecule has 8 nitrogen and oxygen atoms in total. The number of alkyl halides is 3. The highest BCUT2D eigenvalue weighted by Gasteiger charge is 2.48. The molecule has 0 aromatic heterocycles. The van der Waals surface area contributed by atoms with Crippen molar-refractivity contribution in [3.05, 3.63) is 47.5 Å². The fourth-order valence-electron chi connectivity index (χ4n) is 1.73. The van der Waals surface area contributed by atoms with Crippen molar-refractivity contribution in [2.24, 2.45) is 0 Å². The van der Waals surface area contributed by atoms with Crippen LogP contribution in [0.15, 0.2) is 36.4 Å². The largest absolute Gasteiger partial charge is 0.534 e. The summed E-state index contributed by atoms with van der Waals surface area (Å²) >= 11 is 0. The topological polar surface area (TPSA) is 116 Å². The Bertz CT molecular complexity index is 973. The first-order valence-corrected chi connectivity index (χ1v) is 8.86. The average molecular weight is 484 g/mol. The lowest BCUT2D eigenvalue weighted by atomic mass is 10.2. The SMILES string of the molecule is C.C.C.COc1ccc(C=O)c(O)c1.COc1ccc(C=O)c(OS(=O)(=O)C(F)(F)F)c1. The maximum absolute atomic E-state index is 12.1. The molecule has 1 N–H and O–H groups in total. The fraction of sp³-hybridized carbons (Fsp3) is 0.300. The molecular weight excluding hydrogens is 457 g/mol. The molecule has 0 fully saturated rings. The zero-order valence-corrected chi connectivity index (χ0v) is 15.8. The van der Waals surface area contributed by atoms with Crippen LogP contribution in [0.1, 0.15) is 43.0 Å². The van der Waals surface area contributed by atoms with Crippen LogP contribution in [0, 0.1) is 0 Å². The third-order valence-electron chi connectivity index (χ3n) is 3.20. The second-order valence-corrected chi connectivity index (χ2v) is 6.59. The molecule has 0 saturated heterocycles. The maximum Gasteiger partial charge on any atom is 0.534 e. The van der Waals surface area contributed by atoms with Crippen molar-refractivity contribution in [3.63, 3.8) is 0 Å². The van der Waals surface area contributed by atoms with E-state index in [0.717, 1.165) is 12.1 Å². The van der Waals surface area contributed by atoms with E-state index in [9.17, 15) is 31.2 Å². The molecule has 0 radical (unpaired) electrons. The van der Waals surface area contributed by atoms with Crippen molar-refractivity contribution >= 4 is 22.7 Å². The summed E-state index contributed by atoms with van der Waals surface area (Å²) in [5, 5.41) is 9.11. The summed E-state index contributed by atoms with van der Waals surface area (Å²) in [4.78, 5) is 20.8. The van der Waals surface area contributed by atoms with Crippen molar-refractivity contribution in [3.8, 4) is 23.0 Å². The molecule has 0 spiro atoms. The Morgan fingerprint density at radius 1 is 0.844 bits per heavy atom. The van der Waals surface area contributed by atoms with E-state index < -0.39 is 21.4 Å². The number of aromatic hydroxyl groups is 1. The van der Waals surface area contributed by atoms with E-state index in [1.165, 1.54) is 32.4 Å². The molecule has 0 heterocycles. The Labute approximate surface area is 185 Å². The Kier molecular flexibility index (Phi) is 14.5. The van der Waals surface area contributed by atoms with Crippen LogP contribution in [-0.4, -0.2) is 45.8 Å². The number of phenols is 1. The summed E-state index contributed by atoms with van der Waals surface area (Å²) in [7, 11) is -3.11. The number of aldehydes is 2. The molecule has 0 aliphatic heterocycles. The number of hydrogen-bond acceptors (Lipinski definition) is 8. The van der Waals surface area contributed by atoms with Gasteiger partial charge in [0.1, 0.15) is 17.2 Å². The van der Waals surface area contributed by atoms with Gasteiger partial charge >= 0.3 is 15.6 Å². The first kappa shape index (κ1) is 33.4. The van der Waals surface area contributed by atoms with Gasteiger partial charge in [0.05, 0.1) is 25.3 Å². The fourth-order valence-corrected chi connectivity index (χ4v) is 2.20. The highest BCUT2D eigenvalue weighted by atomic mass is 32.2. The van der Waals surface area contributed by atoms with E-state index >= 15 is 0 Å². The summed E-state index contributed by atoms with van der Waals surface area (Å²) in [5.74, 6) is -0.220. The molecule has 0 aliphatic rings. The van der Waals surface area contributed by atoms with Gasteiger partial charge in [-0.3, -0.25) is 9.59 Å². The first-order valence-electron chi connectivity index (χ1n) is 7.45. The van der Waals surface area contributed by atoms with Gasteiger partial charge in [-0.15, -0.1) is 0 Å². The van der Waals surface area contributed by atoms with Crippen LogP contribution in [0.2, 0.25) is 0 Å². The number of carbonyl (C=O) groups is 2. The highest BCUT2D eigenvalue weighted by molar-refractivity contribution is 7.88. The Hall–Kier alpha value is -3.28. The van der Waals surface area contributed by atoms with Gasteiger partial charge in [0.25, 0.3) is 0 Å². The number of phenolic OH excluding ortho intramolecular Hbond substituents is 1. The lowest BCUT2D eigenvalue weighted by molar-refractivity contribution is -0.0500. The Morgan fingerprint density at radius 3 is 1.66 bits per heavy atom. The van der Waals surface area contributed by atoms with E-state index in [-0.39, 0.29) is 51.2 Å². The average Bonchev–Trinajstić information content (AvgIpc) is 2.67. The number of rotatable bonds is 6. The second-order valence-electron chi connectivity index (χ2n) is 5.05. The lowest BCUT2D eigenvalue weighted by Crippen LogP contribution is -2.28. The molecular formula is C20H27F3O8S. The number of halogens is 3. The van der Waals surface area contributed by atoms with Gasteiger partial charge in [-0.1, -0.05) is 22.3 Å². The molecule has 182 valence electrons. The zero-order chi connectivity index (χ0) is 22.2. The van der Waals surface area contributed by atoms with E-state index in [2.05, 4.69) is 8.92 Å². The monoisotopic (exact) mass is 484 g/mol. The van der Waals surface area contributed by atoms with Gasteiger partial charge in [0, 0.05) is 12.1 Å². The number of carbonyl (C=O) groups excluding carboxylic acids is 2. The molecule has 2 rings (SSSR count). The minimum Gasteiger partial charge on any atom is -0.507 e. The minimum absolute atomic E-state index is 0. The van der Waals surface area contributed by atoms with Crippen LogP contribution in [0.5, 0.6) is 23.0 Å². The van der Waals surface area contributed by atoms with Gasteiger partial charge in [0.15, 0.2) is 18.3 Å². The van der Waals surface area contributed by atoms with Crippen LogP contribution >= 0.6 is 0 Å². The van der Waals surface area contributed by atoms with Gasteiger partial charge in [-0.2, -0.15) is 21.6 Å². The molecule has 2 aromatic carbocycles. The van der Waals surface area contributed by atoms with Crippen molar-refractivity contribution in [2.75, 3.05) is 14.2 Å². The predicted molar refractivity (Wildman–Crippen MR) is 114 cm³/mol. The van der Waals surface area contributed by atoms with Crippen molar-refractivity contribution < 1.29 is 49.9 Å². The standard InChI is InChI=1S/C9H7F3O5S.C8H8O3.3CH4/c1-16-7-3-2-6(5-13)8(4-7)17-18(14,15)9(10,11)12;1-11-7-3-2-6(5-9)8(10)4-7;;;/h2-5H,1H3;2-5,10H,1H3;3*1H4. The van der Waals surface area contributed by atoms with Crippen LogP contribution in [0.25, 0.3) is 0 Å². The molecule has 0 atom stereocenters. The van der Waals surface area contributed by atoms with Gasteiger partial charge in [-0.05, 0) is 24.3 Å². The molecule has 0 bridgehead atoms. The van der Waals surface area contributed by atoms with E-state index in [0.29, 0.717) is 12.0 Å². The maximum atomic E-state index is 12.1. The predicted octanol–water partition coefficient (Wildman–Crippen LogP) is 4.86. The smallest absolute Gasteiger partial charge is 0.507 e. The molecule has 0 aliphatic carbocycles. The third kappa shape index (κ3) is 8.84. The molecule has 0 unspecified atom stereocenters. The molecule has 0 saturated carbocycles. The summed E-state index contributed by atoms with van der Waals surface area (Å²) in [6.45, 7) is 0. The summed E-state index contributed by atoms with van der Waals surface area (Å²) in [6.07, 6.45) is 0.759. The normalized spacial score (nSPS) is 9.91. The summed E-state index contributed by atoms with van der Waals surface area (Å²) in [5.41, 5.74) is -5.65. The number of ether oxygens (including phenoxy) is 2. The Morgan fingerprint density at radius 2 is 1.28 bits per heavy atom. The highest BCUT2D eigenvalue weighted by Crippen LogP contribution is 2.30. The number of hydrogen-bond donors (Lipinski definition) is 1. The van der Waals surface area contributed by atoms with E-state index in [4.69, 9.17) is 9.84 Å². The third-order valence-corrected chi connectivity index (χ3v) is 4.16. The summed E-state index contributed by atoms with van der Waals surface area (Å²) in [6, 6.07) is 7.73. The zero-order valence-electron chi connectivity index (χ0n) is 15.0. The second kappa shape index (κ2) is 13.9. The molecule has 12 heteroatoms. The minimum atomic E-state index is -5.82. The van der Waals surface area contributed by atoms with Crippen molar-refractivity contribution in [1.82, 2.24) is 0 Å². The molecule has 0 amide bonds. The van der Waals surface area contributed by atoms with Crippen molar-refractivity contribution in [2.45, 2.75) is 27.8 Å². The van der Waals surface area contributed by atoms with E-state index in [1.807, 2.05) is 0 Å². The van der Waals surface area contributed by atoms with E-state index in [1.54, 1.807) is 6.07 Å². The van der Waals surface area contributed by atoms with Crippen LogP contribution in [0.3, 0.4) is 0 Å². The Balaban J connectivity index is -0.000000525. The van der Waals surface area contributed by atoms with Crippen molar-refractivity contribution in [1.29, 1.82) is 0 Å². The lowest BCUT2D eigenvalue weighted by Gasteiger charge is -2.11. The van der Waals surface area contributed by atoms with Gasteiger partial charge in [-0.25, -0.2) is 0 Å². The molecule has 2 aromatic rings. The van der Waals surface area contributed by atoms with Crippen LogP contribution in [0.4, 0.5) is 13.2 Å². The summed E-state index contributed by atoms with van der Waals surface area (Å²) < 4.78 is 71.3. The molecule has 32 heavy (non-hydrogen) atoms. The van der Waals surface area contributed by atoms with Crippen LogP contribution < -0.4 is 13.7 Å². The number of benzene rings is 2. The quantitative estimate of drug-likeness (QED) is 0.351. The van der Waals surface area contributed by atoms with Crippen LogP contribution in [-0.2, 0) is 10.1 Å². The number of methoxy groups -OCH3 is 2. The van der Waals surface area contributed by atoms with Gasteiger partial charge in [0.2, 0.25) is 0 Å². The first-order chi connectivity index (χ1) is 13.5.